The Morgan fingerprint density at radius 3 is 1.21 bits per heavy atom. The van der Waals surface area contributed by atoms with Gasteiger partial charge in [0.15, 0.2) is 0 Å². The van der Waals surface area contributed by atoms with Crippen LogP contribution in [-0.2, 0) is 20.7 Å². The molecule has 0 heterocycles. The lowest BCUT2D eigenvalue weighted by Crippen LogP contribution is -2.39. The summed E-state index contributed by atoms with van der Waals surface area (Å²) < 4.78 is 26.3. The molecule has 4 fully saturated rings. The number of hydrogen-bond donors (Lipinski definition) is 0. The van der Waals surface area contributed by atoms with Crippen LogP contribution in [0.3, 0.4) is 0 Å². The van der Waals surface area contributed by atoms with Crippen molar-refractivity contribution in [2.45, 2.75) is 179 Å². The predicted molar refractivity (Wildman–Crippen MR) is 290 cm³/mol. The summed E-state index contributed by atoms with van der Waals surface area (Å²) in [5.41, 5.74) is 3.37. The number of carbonyl (C=O) groups excluding carboxylic acids is 2. The Morgan fingerprint density at radius 1 is 0.486 bits per heavy atom. The van der Waals surface area contributed by atoms with Crippen LogP contribution in [0.4, 0.5) is 0 Å². The van der Waals surface area contributed by atoms with Crippen LogP contribution in [-0.4, -0.2) is 33.0 Å². The zero-order chi connectivity index (χ0) is 48.8. The van der Waals surface area contributed by atoms with Crippen LogP contribution in [0.2, 0.25) is 0 Å². The molecule has 0 aliphatic heterocycles. The van der Waals surface area contributed by atoms with Crippen LogP contribution in [0.25, 0.3) is 0 Å². The van der Waals surface area contributed by atoms with Crippen LogP contribution in [0.15, 0.2) is 102 Å². The van der Waals surface area contributed by atoms with E-state index in [-0.39, 0.29) is 11.9 Å². The standard InChI is InChI=1S/C62H82BBrO6/c1-3-9-45-11-15-47(16-12-45)49-35-39-61(40-36-49,53-23-27-55(63)28-24-53)69-59(65)51-19-31-57(32-20-51)67-43-7-5-6-8-44-68-58-33-21-52(22-34-58)60(66)70-62(54-25-29-56(64)30-26-54)41-37-50(38-42-62)48-17-13-46(10-4-2)14-18-48/h19-34,45-50H,3-18,35-44,63H2,1-2H3. The first kappa shape index (κ1) is 52.3. The summed E-state index contributed by atoms with van der Waals surface area (Å²) in [5, 5.41) is 0. The minimum atomic E-state index is -0.605. The highest BCUT2D eigenvalue weighted by molar-refractivity contribution is 9.10. The maximum absolute atomic E-state index is 13.8. The average Bonchev–Trinajstić information content (AvgIpc) is 3.39. The minimum absolute atomic E-state index is 0.255. The first-order chi connectivity index (χ1) is 34.1. The van der Waals surface area contributed by atoms with E-state index in [0.29, 0.717) is 24.3 Å². The summed E-state index contributed by atoms with van der Waals surface area (Å²) >= 11 is 3.60. The normalized spacial score (nSPS) is 27.0. The molecule has 0 saturated heterocycles. The number of ether oxygens (including phenoxy) is 4. The van der Waals surface area contributed by atoms with Gasteiger partial charge in [-0.25, -0.2) is 9.59 Å². The lowest BCUT2D eigenvalue weighted by atomic mass is 9.66. The Balaban J connectivity index is 0.735. The molecule has 0 bridgehead atoms. The molecule has 0 N–H and O–H groups in total. The molecule has 0 atom stereocenters. The first-order valence-electron chi connectivity index (χ1n) is 27.9. The maximum Gasteiger partial charge on any atom is 0.339 e. The molecule has 6 nitrogen and oxygen atoms in total. The summed E-state index contributed by atoms with van der Waals surface area (Å²) in [6.07, 6.45) is 28.2. The first-order valence-corrected chi connectivity index (χ1v) is 28.7. The molecule has 0 spiro atoms. The third kappa shape index (κ3) is 13.9. The van der Waals surface area contributed by atoms with Crippen molar-refractivity contribution in [2.24, 2.45) is 35.5 Å². The van der Waals surface area contributed by atoms with Gasteiger partial charge in [0, 0.05) is 4.47 Å². The Kier molecular flexibility index (Phi) is 19.1. The third-order valence-corrected chi connectivity index (χ3v) is 18.0. The quantitative estimate of drug-likeness (QED) is 0.0470. The number of esters is 2. The summed E-state index contributed by atoms with van der Waals surface area (Å²) in [6.45, 7) is 5.86. The fourth-order valence-corrected chi connectivity index (χ4v) is 13.4. The van der Waals surface area contributed by atoms with Gasteiger partial charge in [-0.3, -0.25) is 0 Å². The van der Waals surface area contributed by atoms with E-state index in [4.69, 9.17) is 18.9 Å². The maximum atomic E-state index is 13.8. The van der Waals surface area contributed by atoms with E-state index in [0.717, 1.165) is 140 Å². The van der Waals surface area contributed by atoms with Crippen molar-refractivity contribution in [1.29, 1.82) is 0 Å². The van der Waals surface area contributed by atoms with Crippen molar-refractivity contribution < 1.29 is 28.5 Å². The van der Waals surface area contributed by atoms with Gasteiger partial charge in [-0.15, -0.1) is 0 Å². The van der Waals surface area contributed by atoms with Crippen LogP contribution in [0.1, 0.15) is 200 Å². The SMILES string of the molecule is Bc1ccc(C2(OC(=O)c3ccc(OCCCCCCOc4ccc(C(=O)OC5(c6ccc(Br)cc6)CCC(C6CCC(CCC)CC6)CC5)cc4)cc3)CCC(C3CCC(CCC)CC3)CC2)cc1. The van der Waals surface area contributed by atoms with Crippen molar-refractivity contribution in [3.05, 3.63) is 124 Å². The summed E-state index contributed by atoms with van der Waals surface area (Å²) in [6, 6.07) is 32.0. The molecule has 8 rings (SSSR count). The third-order valence-electron chi connectivity index (χ3n) is 17.5. The van der Waals surface area contributed by atoms with Gasteiger partial charge in [-0.2, -0.15) is 0 Å². The summed E-state index contributed by atoms with van der Waals surface area (Å²) in [7, 11) is 2.11. The second kappa shape index (κ2) is 25.6. The number of unbranched alkanes of at least 4 members (excludes halogenated alkanes) is 3. The Morgan fingerprint density at radius 2 is 0.843 bits per heavy atom. The average molecular weight is 1010 g/mol. The summed E-state index contributed by atoms with van der Waals surface area (Å²) in [4.78, 5) is 27.5. The number of halogens is 1. The van der Waals surface area contributed by atoms with Gasteiger partial charge >= 0.3 is 11.9 Å². The van der Waals surface area contributed by atoms with Crippen LogP contribution in [0.5, 0.6) is 11.5 Å². The van der Waals surface area contributed by atoms with Crippen LogP contribution < -0.4 is 14.9 Å². The van der Waals surface area contributed by atoms with Crippen molar-refractivity contribution in [3.63, 3.8) is 0 Å². The highest BCUT2D eigenvalue weighted by Gasteiger charge is 2.44. The fourth-order valence-electron chi connectivity index (χ4n) is 13.2. The lowest BCUT2D eigenvalue weighted by Gasteiger charge is -2.43. The molecular weight excluding hydrogens is 931 g/mol. The predicted octanol–water partition coefficient (Wildman–Crippen LogP) is 15.4. The van der Waals surface area contributed by atoms with E-state index in [1.807, 2.05) is 48.5 Å². The van der Waals surface area contributed by atoms with Gasteiger partial charge in [0.25, 0.3) is 0 Å². The monoisotopic (exact) mass is 1010 g/mol. The molecule has 70 heavy (non-hydrogen) atoms. The van der Waals surface area contributed by atoms with E-state index in [2.05, 4.69) is 86.2 Å². The van der Waals surface area contributed by atoms with Gasteiger partial charge in [0.1, 0.15) is 30.5 Å². The van der Waals surface area contributed by atoms with Crippen LogP contribution in [0, 0.1) is 35.5 Å². The highest BCUT2D eigenvalue weighted by Crippen LogP contribution is 2.50. The molecule has 0 unspecified atom stereocenters. The molecule has 4 aromatic rings. The van der Waals surface area contributed by atoms with Gasteiger partial charge in [0.2, 0.25) is 0 Å². The van der Waals surface area contributed by atoms with Crippen molar-refractivity contribution in [1.82, 2.24) is 0 Å². The van der Waals surface area contributed by atoms with Crippen molar-refractivity contribution >= 4 is 41.2 Å². The van der Waals surface area contributed by atoms with Crippen molar-refractivity contribution in [3.8, 4) is 11.5 Å². The molecule has 0 radical (unpaired) electrons. The van der Waals surface area contributed by atoms with E-state index in [9.17, 15) is 9.59 Å². The number of hydrogen-bond acceptors (Lipinski definition) is 6. The largest absolute Gasteiger partial charge is 0.494 e. The van der Waals surface area contributed by atoms with Gasteiger partial charge in [0.05, 0.1) is 24.3 Å². The number of benzene rings is 4. The van der Waals surface area contributed by atoms with Gasteiger partial charge < -0.3 is 18.9 Å². The zero-order valence-electron chi connectivity index (χ0n) is 42.9. The minimum Gasteiger partial charge on any atom is -0.494 e. The topological polar surface area (TPSA) is 71.1 Å². The molecule has 4 aliphatic rings. The molecule has 376 valence electrons. The van der Waals surface area contributed by atoms with Crippen molar-refractivity contribution in [2.75, 3.05) is 13.2 Å². The van der Waals surface area contributed by atoms with E-state index in [1.165, 1.54) is 82.5 Å². The molecule has 8 heteroatoms. The smallest absolute Gasteiger partial charge is 0.339 e. The number of rotatable bonds is 21. The molecule has 4 aliphatic carbocycles. The molecule has 4 saturated carbocycles. The van der Waals surface area contributed by atoms with E-state index >= 15 is 0 Å². The second-order valence-electron chi connectivity index (χ2n) is 22.1. The summed E-state index contributed by atoms with van der Waals surface area (Å²) in [5.74, 6) is 5.93. The van der Waals surface area contributed by atoms with E-state index < -0.39 is 11.2 Å². The number of carbonyl (C=O) groups is 2. The molecule has 0 amide bonds. The molecule has 4 aromatic carbocycles. The molecule has 0 aromatic heterocycles. The highest BCUT2D eigenvalue weighted by atomic mass is 79.9. The van der Waals surface area contributed by atoms with Crippen LogP contribution >= 0.6 is 15.9 Å². The lowest BCUT2D eigenvalue weighted by molar-refractivity contribution is -0.0561. The zero-order valence-corrected chi connectivity index (χ0v) is 44.5. The Bertz CT molecular complexity index is 2030. The Hall–Kier alpha value is -4.04. The fraction of sp³-hybridized carbons (Fsp3) is 0.581. The van der Waals surface area contributed by atoms with Gasteiger partial charge in [-0.05, 0) is 210 Å². The second-order valence-corrected chi connectivity index (χ2v) is 23.0. The molecular formula is C62H82BBrO6. The van der Waals surface area contributed by atoms with E-state index in [1.54, 1.807) is 0 Å². The van der Waals surface area contributed by atoms with Gasteiger partial charge in [-0.1, -0.05) is 123 Å². The Labute approximate surface area is 430 Å².